The monoisotopic (exact) mass is 444 g/mol. The van der Waals surface area contributed by atoms with Crippen molar-refractivity contribution < 1.29 is 14.6 Å². The minimum absolute atomic E-state index is 0.0360. The minimum Gasteiger partial charge on any atom is -0.495 e. The molecule has 2 atom stereocenters. The predicted octanol–water partition coefficient (Wildman–Crippen LogP) is 4.75. The fourth-order valence-corrected chi connectivity index (χ4v) is 5.35. The maximum absolute atomic E-state index is 9.07. The summed E-state index contributed by atoms with van der Waals surface area (Å²) < 4.78 is 11.1. The van der Waals surface area contributed by atoms with Crippen LogP contribution in [0.4, 0.5) is 5.69 Å². The molecule has 0 aromatic heterocycles. The van der Waals surface area contributed by atoms with Crippen molar-refractivity contribution in [2.45, 2.75) is 45.2 Å². The van der Waals surface area contributed by atoms with Crippen molar-refractivity contribution in [3.63, 3.8) is 0 Å². The van der Waals surface area contributed by atoms with Gasteiger partial charge in [0.15, 0.2) is 0 Å². The summed E-state index contributed by atoms with van der Waals surface area (Å²) in [5, 5.41) is 9.73. The van der Waals surface area contributed by atoms with Crippen LogP contribution in [0.3, 0.4) is 0 Å². The maximum atomic E-state index is 9.07. The fourth-order valence-electron chi connectivity index (χ4n) is 5.15. The van der Waals surface area contributed by atoms with Crippen LogP contribution in [0.25, 0.3) is 0 Å². The van der Waals surface area contributed by atoms with Crippen molar-refractivity contribution >= 4 is 17.3 Å². The first-order chi connectivity index (χ1) is 15.0. The number of methoxy groups -OCH3 is 1. The molecule has 0 aliphatic carbocycles. The van der Waals surface area contributed by atoms with Crippen molar-refractivity contribution in [1.29, 1.82) is 0 Å². The number of piperidine rings is 1. The van der Waals surface area contributed by atoms with E-state index in [2.05, 4.69) is 47.9 Å². The first-order valence-electron chi connectivity index (χ1n) is 11.2. The van der Waals surface area contributed by atoms with Crippen LogP contribution in [0.5, 0.6) is 11.5 Å². The molecule has 0 radical (unpaired) electrons. The molecule has 2 aromatic carbocycles. The van der Waals surface area contributed by atoms with Crippen LogP contribution in [0.1, 0.15) is 42.0 Å². The highest BCUT2D eigenvalue weighted by Crippen LogP contribution is 2.40. The molecule has 2 fully saturated rings. The Morgan fingerprint density at radius 1 is 1.06 bits per heavy atom. The van der Waals surface area contributed by atoms with Crippen molar-refractivity contribution in [1.82, 2.24) is 4.90 Å². The quantitative estimate of drug-likeness (QED) is 0.696. The number of aliphatic hydroxyl groups is 1. The smallest absolute Gasteiger partial charge is 0.139 e. The largest absolute Gasteiger partial charge is 0.495 e. The van der Waals surface area contributed by atoms with Gasteiger partial charge in [0.1, 0.15) is 18.1 Å². The second-order valence-electron chi connectivity index (χ2n) is 8.58. The Morgan fingerprint density at radius 2 is 1.90 bits per heavy atom. The number of fused-ring (bicyclic) bond motifs is 1. The normalized spacial score (nSPS) is 21.6. The molecule has 2 saturated heterocycles. The van der Waals surface area contributed by atoms with Crippen molar-refractivity contribution in [3.05, 3.63) is 52.0 Å². The Balaban J connectivity index is 1.52. The van der Waals surface area contributed by atoms with Gasteiger partial charge in [-0.05, 0) is 68.0 Å². The van der Waals surface area contributed by atoms with Crippen molar-refractivity contribution in [2.75, 3.05) is 44.9 Å². The van der Waals surface area contributed by atoms with Crippen LogP contribution in [-0.4, -0.2) is 56.0 Å². The Kier molecular flexibility index (Phi) is 6.95. The van der Waals surface area contributed by atoms with E-state index in [0.29, 0.717) is 23.7 Å². The van der Waals surface area contributed by atoms with Gasteiger partial charge < -0.3 is 19.5 Å². The summed E-state index contributed by atoms with van der Waals surface area (Å²) in [6.45, 7) is 7.76. The SMILES string of the molecule is COc1cc(N2CCN3C(CCC[C@@H]3c3ccc(OCCO)c(C)c3C)C2)ccc1Cl. The molecule has 31 heavy (non-hydrogen) atoms. The van der Waals surface area contributed by atoms with Gasteiger partial charge in [-0.15, -0.1) is 0 Å². The molecule has 5 nitrogen and oxygen atoms in total. The topological polar surface area (TPSA) is 45.2 Å². The third-order valence-corrected chi connectivity index (χ3v) is 7.24. The standard InChI is InChI=1S/C25H33ClN2O3/c1-17-18(2)24(31-14-13-29)10-8-21(17)23-6-4-5-20-16-27(11-12-28(20)23)19-7-9-22(26)25(15-19)30-3/h7-10,15,20,23,29H,4-6,11-14,16H2,1-3H3/t20?,23-/m1/s1. The van der Waals surface area contributed by atoms with E-state index in [1.807, 2.05) is 6.07 Å². The van der Waals surface area contributed by atoms with E-state index < -0.39 is 0 Å². The molecular formula is C25H33ClN2O3. The Bertz CT molecular complexity index is 920. The lowest BCUT2D eigenvalue weighted by atomic mass is 9.86. The molecule has 0 saturated carbocycles. The third kappa shape index (κ3) is 4.50. The van der Waals surface area contributed by atoms with E-state index in [9.17, 15) is 0 Å². The first kappa shape index (κ1) is 22.3. The van der Waals surface area contributed by atoms with E-state index in [1.165, 1.54) is 41.6 Å². The van der Waals surface area contributed by atoms with Gasteiger partial charge in [0.25, 0.3) is 0 Å². The highest BCUT2D eigenvalue weighted by atomic mass is 35.5. The summed E-state index contributed by atoms with van der Waals surface area (Å²) in [4.78, 5) is 5.18. The van der Waals surface area contributed by atoms with Gasteiger partial charge in [0.2, 0.25) is 0 Å². The van der Waals surface area contributed by atoms with Crippen LogP contribution in [0.2, 0.25) is 5.02 Å². The number of benzene rings is 2. The zero-order valence-corrected chi connectivity index (χ0v) is 19.5. The number of aliphatic hydroxyl groups excluding tert-OH is 1. The Hall–Kier alpha value is -1.95. The van der Waals surface area contributed by atoms with Crippen molar-refractivity contribution in [3.8, 4) is 11.5 Å². The zero-order valence-electron chi connectivity index (χ0n) is 18.7. The third-order valence-electron chi connectivity index (χ3n) is 6.93. The number of rotatable bonds is 6. The molecule has 1 unspecified atom stereocenters. The molecule has 0 bridgehead atoms. The zero-order chi connectivity index (χ0) is 22.0. The van der Waals surface area contributed by atoms with Gasteiger partial charge in [-0.25, -0.2) is 0 Å². The lowest BCUT2D eigenvalue weighted by Gasteiger charge is -2.49. The highest BCUT2D eigenvalue weighted by Gasteiger charge is 2.36. The number of hydrogen-bond acceptors (Lipinski definition) is 5. The number of piperazine rings is 1. The molecule has 2 aliphatic heterocycles. The van der Waals surface area contributed by atoms with Gasteiger partial charge in [-0.3, -0.25) is 4.90 Å². The molecule has 1 N–H and O–H groups in total. The average Bonchev–Trinajstić information content (AvgIpc) is 2.80. The molecule has 6 heteroatoms. The predicted molar refractivity (Wildman–Crippen MR) is 126 cm³/mol. The highest BCUT2D eigenvalue weighted by molar-refractivity contribution is 6.32. The molecular weight excluding hydrogens is 412 g/mol. The molecule has 2 aromatic rings. The lowest BCUT2D eigenvalue weighted by Crippen LogP contribution is -2.56. The van der Waals surface area contributed by atoms with Crippen LogP contribution < -0.4 is 14.4 Å². The fraction of sp³-hybridized carbons (Fsp3) is 0.520. The van der Waals surface area contributed by atoms with E-state index >= 15 is 0 Å². The summed E-state index contributed by atoms with van der Waals surface area (Å²) in [6.07, 6.45) is 3.67. The summed E-state index contributed by atoms with van der Waals surface area (Å²) in [5.41, 5.74) is 5.09. The summed E-state index contributed by atoms with van der Waals surface area (Å²) in [5.74, 6) is 1.61. The van der Waals surface area contributed by atoms with Gasteiger partial charge in [-0.2, -0.15) is 0 Å². The van der Waals surface area contributed by atoms with Crippen LogP contribution in [-0.2, 0) is 0 Å². The molecule has 2 aliphatic rings. The summed E-state index contributed by atoms with van der Waals surface area (Å²) in [6, 6.07) is 11.4. The van der Waals surface area contributed by atoms with Gasteiger partial charge in [0.05, 0.1) is 18.7 Å². The molecule has 0 amide bonds. The number of nitrogens with zero attached hydrogens (tertiary/aromatic N) is 2. The van der Waals surface area contributed by atoms with Gasteiger partial charge in [0, 0.05) is 43.5 Å². The van der Waals surface area contributed by atoms with E-state index in [-0.39, 0.29) is 6.61 Å². The van der Waals surface area contributed by atoms with E-state index in [0.717, 1.165) is 31.1 Å². The lowest BCUT2D eigenvalue weighted by molar-refractivity contribution is 0.0712. The van der Waals surface area contributed by atoms with Crippen molar-refractivity contribution in [2.24, 2.45) is 0 Å². The van der Waals surface area contributed by atoms with Crippen LogP contribution >= 0.6 is 11.6 Å². The minimum atomic E-state index is 0.0360. The Labute approximate surface area is 190 Å². The molecule has 2 heterocycles. The number of ether oxygens (including phenoxy) is 2. The molecule has 4 rings (SSSR count). The van der Waals surface area contributed by atoms with Crippen LogP contribution in [0.15, 0.2) is 30.3 Å². The first-order valence-corrected chi connectivity index (χ1v) is 11.6. The number of hydrogen-bond donors (Lipinski definition) is 1. The average molecular weight is 445 g/mol. The number of anilines is 1. The molecule has 168 valence electrons. The second kappa shape index (κ2) is 9.68. The maximum Gasteiger partial charge on any atom is 0.139 e. The summed E-state index contributed by atoms with van der Waals surface area (Å²) >= 11 is 6.23. The van der Waals surface area contributed by atoms with E-state index in [1.54, 1.807) is 7.11 Å². The number of halogens is 1. The van der Waals surface area contributed by atoms with Crippen LogP contribution in [0, 0.1) is 13.8 Å². The van der Waals surface area contributed by atoms with Gasteiger partial charge in [-0.1, -0.05) is 17.7 Å². The second-order valence-corrected chi connectivity index (χ2v) is 8.99. The molecule has 0 spiro atoms. The Morgan fingerprint density at radius 3 is 2.68 bits per heavy atom. The van der Waals surface area contributed by atoms with Gasteiger partial charge >= 0.3 is 0 Å². The summed E-state index contributed by atoms with van der Waals surface area (Å²) in [7, 11) is 1.67. The van der Waals surface area contributed by atoms with E-state index in [4.69, 9.17) is 26.2 Å².